The summed E-state index contributed by atoms with van der Waals surface area (Å²) in [6.45, 7) is 1.08. The Bertz CT molecular complexity index is 633. The number of aliphatic carboxylic acids is 1. The molecule has 0 radical (unpaired) electrons. The molecule has 0 saturated heterocycles. The maximum atomic E-state index is 10.7. The van der Waals surface area contributed by atoms with Crippen molar-refractivity contribution in [1.82, 2.24) is 14.8 Å². The van der Waals surface area contributed by atoms with Crippen molar-refractivity contribution in [3.63, 3.8) is 0 Å². The molecular formula is C13H14IN3O3S. The predicted octanol–water partition coefficient (Wildman–Crippen LogP) is 2.37. The fraction of sp³-hybridized carbons (Fsp3) is 0.308. The molecular weight excluding hydrogens is 405 g/mol. The van der Waals surface area contributed by atoms with Crippen molar-refractivity contribution in [3.05, 3.63) is 27.8 Å². The number of thioether (sulfide) groups is 1. The third-order valence-corrected chi connectivity index (χ3v) is 4.57. The summed E-state index contributed by atoms with van der Waals surface area (Å²) in [6.07, 6.45) is 0. The van der Waals surface area contributed by atoms with Gasteiger partial charge < -0.3 is 9.84 Å². The van der Waals surface area contributed by atoms with Crippen molar-refractivity contribution in [3.8, 4) is 11.4 Å². The average molecular weight is 419 g/mol. The van der Waals surface area contributed by atoms with Gasteiger partial charge in [-0.1, -0.05) is 30.0 Å². The van der Waals surface area contributed by atoms with Gasteiger partial charge in [-0.15, -0.1) is 10.2 Å². The van der Waals surface area contributed by atoms with Gasteiger partial charge in [0.2, 0.25) is 0 Å². The van der Waals surface area contributed by atoms with Crippen LogP contribution in [0, 0.1) is 3.57 Å². The third-order valence-electron chi connectivity index (χ3n) is 2.68. The van der Waals surface area contributed by atoms with Crippen LogP contribution in [-0.2, 0) is 16.1 Å². The van der Waals surface area contributed by atoms with Gasteiger partial charge in [-0.3, -0.25) is 9.36 Å². The van der Waals surface area contributed by atoms with E-state index in [0.717, 1.165) is 26.7 Å². The van der Waals surface area contributed by atoms with Gasteiger partial charge in [-0.25, -0.2) is 0 Å². The fourth-order valence-corrected chi connectivity index (χ4v) is 3.06. The second kappa shape index (κ2) is 7.76. The molecule has 1 N–H and O–H groups in total. The third kappa shape index (κ3) is 4.17. The zero-order valence-corrected chi connectivity index (χ0v) is 14.3. The first-order valence-electron chi connectivity index (χ1n) is 6.15. The van der Waals surface area contributed by atoms with Gasteiger partial charge in [-0.2, -0.15) is 0 Å². The Balaban J connectivity index is 2.36. The zero-order chi connectivity index (χ0) is 15.2. The van der Waals surface area contributed by atoms with E-state index in [0.29, 0.717) is 18.3 Å². The highest BCUT2D eigenvalue weighted by atomic mass is 127. The van der Waals surface area contributed by atoms with E-state index >= 15 is 0 Å². The molecule has 0 aliphatic heterocycles. The molecule has 1 aromatic heterocycles. The summed E-state index contributed by atoms with van der Waals surface area (Å²) < 4.78 is 8.08. The Morgan fingerprint density at radius 3 is 2.86 bits per heavy atom. The molecule has 0 bridgehead atoms. The minimum Gasteiger partial charge on any atom is -0.481 e. The standard InChI is InChI=1S/C13H14IN3O3S/c1-20-7-6-17-12(9-4-2-3-5-10(9)14)15-16-13(17)21-8-11(18)19/h2-5H,6-8H2,1H3,(H,18,19). The minimum absolute atomic E-state index is 0.0446. The molecule has 21 heavy (non-hydrogen) atoms. The molecule has 0 atom stereocenters. The number of nitrogens with zero attached hydrogens (tertiary/aromatic N) is 3. The number of rotatable bonds is 7. The largest absolute Gasteiger partial charge is 0.481 e. The van der Waals surface area contributed by atoms with Crippen molar-refractivity contribution in [2.45, 2.75) is 11.7 Å². The normalized spacial score (nSPS) is 10.8. The van der Waals surface area contributed by atoms with Crippen LogP contribution in [0.2, 0.25) is 0 Å². The number of halogens is 1. The van der Waals surface area contributed by atoms with E-state index in [9.17, 15) is 4.79 Å². The first-order valence-corrected chi connectivity index (χ1v) is 8.21. The number of carboxylic acid groups (broad SMARTS) is 1. The number of aromatic nitrogens is 3. The lowest BCUT2D eigenvalue weighted by Gasteiger charge is -2.10. The zero-order valence-electron chi connectivity index (χ0n) is 11.3. The van der Waals surface area contributed by atoms with Crippen LogP contribution in [0.15, 0.2) is 29.4 Å². The SMILES string of the molecule is COCCn1c(SCC(=O)O)nnc1-c1ccccc1I. The summed E-state index contributed by atoms with van der Waals surface area (Å²) in [7, 11) is 1.63. The molecule has 8 heteroatoms. The molecule has 2 aromatic rings. The van der Waals surface area contributed by atoms with Crippen molar-refractivity contribution in [2.75, 3.05) is 19.5 Å². The van der Waals surface area contributed by atoms with E-state index < -0.39 is 5.97 Å². The Labute approximate surface area is 140 Å². The van der Waals surface area contributed by atoms with E-state index in [1.807, 2.05) is 28.8 Å². The van der Waals surface area contributed by atoms with Crippen LogP contribution in [0.25, 0.3) is 11.4 Å². The molecule has 0 spiro atoms. The van der Waals surface area contributed by atoms with Crippen molar-refractivity contribution < 1.29 is 14.6 Å². The Kier molecular flexibility index (Phi) is 6.00. The van der Waals surface area contributed by atoms with Gasteiger partial charge >= 0.3 is 5.97 Å². The van der Waals surface area contributed by atoms with Crippen LogP contribution in [0.1, 0.15) is 0 Å². The number of benzene rings is 1. The summed E-state index contributed by atoms with van der Waals surface area (Å²) in [4.78, 5) is 10.7. The van der Waals surface area contributed by atoms with Crippen molar-refractivity contribution in [2.24, 2.45) is 0 Å². The number of hydrogen-bond donors (Lipinski definition) is 1. The quantitative estimate of drug-likeness (QED) is 0.549. The van der Waals surface area contributed by atoms with Crippen molar-refractivity contribution >= 4 is 40.3 Å². The van der Waals surface area contributed by atoms with Gasteiger partial charge in [0.05, 0.1) is 18.9 Å². The van der Waals surface area contributed by atoms with Crippen molar-refractivity contribution in [1.29, 1.82) is 0 Å². The first kappa shape index (κ1) is 16.2. The first-order chi connectivity index (χ1) is 10.1. The van der Waals surface area contributed by atoms with Crippen LogP contribution in [-0.4, -0.2) is 45.3 Å². The lowest BCUT2D eigenvalue weighted by atomic mass is 10.2. The lowest BCUT2D eigenvalue weighted by Crippen LogP contribution is -2.09. The Morgan fingerprint density at radius 1 is 1.43 bits per heavy atom. The smallest absolute Gasteiger partial charge is 0.313 e. The number of carboxylic acids is 1. The van der Waals surface area contributed by atoms with E-state index in [2.05, 4.69) is 32.8 Å². The van der Waals surface area contributed by atoms with E-state index in [4.69, 9.17) is 9.84 Å². The summed E-state index contributed by atoms with van der Waals surface area (Å²) in [6, 6.07) is 7.87. The molecule has 0 saturated carbocycles. The van der Waals surface area contributed by atoms with Crippen LogP contribution < -0.4 is 0 Å². The monoisotopic (exact) mass is 419 g/mol. The number of ether oxygens (including phenoxy) is 1. The molecule has 1 aromatic carbocycles. The molecule has 0 amide bonds. The topological polar surface area (TPSA) is 77.2 Å². The Morgan fingerprint density at radius 2 is 2.19 bits per heavy atom. The van der Waals surface area contributed by atoms with Gasteiger partial charge in [0, 0.05) is 16.2 Å². The van der Waals surface area contributed by atoms with Gasteiger partial charge in [0.1, 0.15) is 0 Å². The van der Waals surface area contributed by atoms with Crippen LogP contribution in [0.5, 0.6) is 0 Å². The second-order valence-electron chi connectivity index (χ2n) is 4.11. The minimum atomic E-state index is -0.878. The fourth-order valence-electron chi connectivity index (χ4n) is 1.75. The van der Waals surface area contributed by atoms with Crippen LogP contribution in [0.3, 0.4) is 0 Å². The summed E-state index contributed by atoms with van der Waals surface area (Å²) in [5.41, 5.74) is 0.976. The van der Waals surface area contributed by atoms with E-state index in [1.54, 1.807) is 7.11 Å². The maximum absolute atomic E-state index is 10.7. The molecule has 0 unspecified atom stereocenters. The number of carbonyl (C=O) groups is 1. The lowest BCUT2D eigenvalue weighted by molar-refractivity contribution is -0.133. The average Bonchev–Trinajstić information content (AvgIpc) is 2.86. The second-order valence-corrected chi connectivity index (χ2v) is 6.22. The van der Waals surface area contributed by atoms with Crippen LogP contribution >= 0.6 is 34.4 Å². The molecule has 0 aliphatic carbocycles. The van der Waals surface area contributed by atoms with Gasteiger partial charge in [-0.05, 0) is 28.7 Å². The predicted molar refractivity (Wildman–Crippen MR) is 88.4 cm³/mol. The maximum Gasteiger partial charge on any atom is 0.313 e. The highest BCUT2D eigenvalue weighted by Crippen LogP contribution is 2.27. The molecule has 112 valence electrons. The highest BCUT2D eigenvalue weighted by Gasteiger charge is 2.16. The summed E-state index contributed by atoms with van der Waals surface area (Å²) in [5, 5.41) is 17.7. The molecule has 0 fully saturated rings. The van der Waals surface area contributed by atoms with Gasteiger partial charge in [0.15, 0.2) is 11.0 Å². The molecule has 6 nitrogen and oxygen atoms in total. The molecule has 1 heterocycles. The van der Waals surface area contributed by atoms with E-state index in [1.165, 1.54) is 0 Å². The molecule has 0 aliphatic rings. The molecule has 2 rings (SSSR count). The number of methoxy groups -OCH3 is 1. The van der Waals surface area contributed by atoms with E-state index in [-0.39, 0.29) is 5.75 Å². The van der Waals surface area contributed by atoms with Gasteiger partial charge in [0.25, 0.3) is 0 Å². The summed E-state index contributed by atoms with van der Waals surface area (Å²) >= 11 is 3.40. The summed E-state index contributed by atoms with van der Waals surface area (Å²) in [5.74, 6) is -0.196. The number of hydrogen-bond acceptors (Lipinski definition) is 5. The van der Waals surface area contributed by atoms with Crippen LogP contribution in [0.4, 0.5) is 0 Å². The highest BCUT2D eigenvalue weighted by molar-refractivity contribution is 14.1. The Hall–Kier alpha value is -1.13.